The second-order valence-corrected chi connectivity index (χ2v) is 9.25. The van der Waals surface area contributed by atoms with E-state index in [1.807, 2.05) is 41.3 Å². The summed E-state index contributed by atoms with van der Waals surface area (Å²) in [6.45, 7) is 5.33. The van der Waals surface area contributed by atoms with Crippen LogP contribution in [-0.4, -0.2) is 50.6 Å². The third kappa shape index (κ3) is 4.91. The van der Waals surface area contributed by atoms with Crippen molar-refractivity contribution in [1.29, 1.82) is 0 Å². The van der Waals surface area contributed by atoms with E-state index >= 15 is 0 Å². The number of aromatic nitrogens is 3. The maximum atomic E-state index is 13.5. The van der Waals surface area contributed by atoms with E-state index in [0.29, 0.717) is 42.8 Å². The lowest BCUT2D eigenvalue weighted by atomic mass is 10.0. The first kappa shape index (κ1) is 23.5. The van der Waals surface area contributed by atoms with Crippen molar-refractivity contribution in [1.82, 2.24) is 25.0 Å². The zero-order valence-electron chi connectivity index (χ0n) is 20.5. The topological polar surface area (TPSA) is 80.1 Å². The Hall–Kier alpha value is -4.26. The van der Waals surface area contributed by atoms with Crippen molar-refractivity contribution in [3.63, 3.8) is 0 Å². The summed E-state index contributed by atoms with van der Waals surface area (Å²) in [6, 6.07) is 19.4. The molecule has 0 unspecified atom stereocenters. The molecule has 1 fully saturated rings. The molecule has 0 aliphatic carbocycles. The molecule has 2 aromatic carbocycles. The Morgan fingerprint density at radius 1 is 0.917 bits per heavy atom. The van der Waals surface area contributed by atoms with Gasteiger partial charge in [0.1, 0.15) is 5.69 Å². The summed E-state index contributed by atoms with van der Waals surface area (Å²) in [5.74, 6) is -0.146. The number of carbonyl (C=O) groups is 2. The zero-order valence-corrected chi connectivity index (χ0v) is 20.5. The second-order valence-electron chi connectivity index (χ2n) is 9.25. The van der Waals surface area contributed by atoms with Crippen LogP contribution in [0.3, 0.4) is 0 Å². The summed E-state index contributed by atoms with van der Waals surface area (Å²) in [5.41, 5.74) is 5.99. The molecule has 0 atom stereocenters. The number of rotatable bonds is 5. The van der Waals surface area contributed by atoms with E-state index in [9.17, 15) is 9.59 Å². The highest BCUT2D eigenvalue weighted by Gasteiger charge is 2.27. The summed E-state index contributed by atoms with van der Waals surface area (Å²) in [5, 5.41) is 8.00. The summed E-state index contributed by atoms with van der Waals surface area (Å²) in [4.78, 5) is 32.0. The lowest BCUT2D eigenvalue weighted by Gasteiger charge is -2.32. The van der Waals surface area contributed by atoms with E-state index in [2.05, 4.69) is 36.3 Å². The normalized spacial score (nSPS) is 14.0. The number of aryl methyl sites for hydroxylation is 2. The molecule has 7 heteroatoms. The highest BCUT2D eigenvalue weighted by molar-refractivity contribution is 6.00. The molecule has 0 saturated carbocycles. The van der Waals surface area contributed by atoms with Gasteiger partial charge in [-0.25, -0.2) is 4.68 Å². The Balaban J connectivity index is 1.34. The highest BCUT2D eigenvalue weighted by atomic mass is 16.2. The van der Waals surface area contributed by atoms with Crippen LogP contribution < -0.4 is 5.32 Å². The Morgan fingerprint density at radius 3 is 2.33 bits per heavy atom. The van der Waals surface area contributed by atoms with Gasteiger partial charge in [-0.2, -0.15) is 5.10 Å². The van der Waals surface area contributed by atoms with Gasteiger partial charge in [0, 0.05) is 48.8 Å². The minimum Gasteiger partial charge on any atom is -0.349 e. The fourth-order valence-electron chi connectivity index (χ4n) is 4.52. The van der Waals surface area contributed by atoms with Crippen molar-refractivity contribution >= 4 is 11.8 Å². The molecule has 2 aromatic heterocycles. The summed E-state index contributed by atoms with van der Waals surface area (Å²) in [6.07, 6.45) is 6.46. The van der Waals surface area contributed by atoms with Crippen molar-refractivity contribution in [2.45, 2.75) is 32.7 Å². The van der Waals surface area contributed by atoms with E-state index in [4.69, 9.17) is 5.10 Å². The monoisotopic (exact) mass is 479 g/mol. The molecule has 1 N–H and O–H groups in total. The van der Waals surface area contributed by atoms with Gasteiger partial charge in [-0.05, 0) is 68.1 Å². The molecule has 0 radical (unpaired) electrons. The fraction of sp³-hybridized carbons (Fsp3) is 0.241. The van der Waals surface area contributed by atoms with Gasteiger partial charge in [0.05, 0.1) is 11.3 Å². The predicted octanol–water partition coefficient (Wildman–Crippen LogP) is 4.59. The lowest BCUT2D eigenvalue weighted by Crippen LogP contribution is -2.46. The van der Waals surface area contributed by atoms with Crippen molar-refractivity contribution in [2.75, 3.05) is 13.1 Å². The molecule has 36 heavy (non-hydrogen) atoms. The zero-order chi connectivity index (χ0) is 25.1. The predicted molar refractivity (Wildman–Crippen MR) is 139 cm³/mol. The smallest absolute Gasteiger partial charge is 0.255 e. The second kappa shape index (κ2) is 10.2. The Kier molecular flexibility index (Phi) is 6.62. The molecule has 182 valence electrons. The number of likely N-dealkylation sites (tertiary alicyclic amines) is 1. The SMILES string of the molecule is Cc1ccc(-c2nn(-c3ccccc3)cc2C(=O)NC2CCN(C(=O)c3ccncc3)CC2)cc1C. The molecule has 3 heterocycles. The van der Waals surface area contributed by atoms with E-state index in [1.165, 1.54) is 5.56 Å². The van der Waals surface area contributed by atoms with Gasteiger partial charge in [0.2, 0.25) is 0 Å². The van der Waals surface area contributed by atoms with E-state index < -0.39 is 0 Å². The largest absolute Gasteiger partial charge is 0.349 e. The number of benzene rings is 2. The maximum Gasteiger partial charge on any atom is 0.255 e. The molecule has 2 amide bonds. The van der Waals surface area contributed by atoms with Crippen molar-refractivity contribution in [3.8, 4) is 16.9 Å². The molecule has 5 rings (SSSR count). The standard InChI is InChI=1S/C29H29N5O2/c1-20-8-9-23(18-21(20)2)27-26(19-34(32-27)25-6-4-3-5-7-25)28(35)31-24-12-16-33(17-13-24)29(36)22-10-14-30-15-11-22/h3-11,14-15,18-19,24H,12-13,16-17H2,1-2H3,(H,31,35). The van der Waals surface area contributed by atoms with Gasteiger partial charge in [0.25, 0.3) is 11.8 Å². The Morgan fingerprint density at radius 2 is 1.64 bits per heavy atom. The maximum absolute atomic E-state index is 13.5. The number of carbonyl (C=O) groups excluding carboxylic acids is 2. The molecular weight excluding hydrogens is 450 g/mol. The van der Waals surface area contributed by atoms with Crippen molar-refractivity contribution in [2.24, 2.45) is 0 Å². The molecule has 1 aliphatic heterocycles. The average molecular weight is 480 g/mol. The molecule has 0 bridgehead atoms. The molecular formula is C29H29N5O2. The lowest BCUT2D eigenvalue weighted by molar-refractivity contribution is 0.0698. The first-order valence-corrected chi connectivity index (χ1v) is 12.2. The molecule has 1 aliphatic rings. The van der Waals surface area contributed by atoms with Gasteiger partial charge in [0.15, 0.2) is 0 Å². The Labute approximate surface area is 210 Å². The van der Waals surface area contributed by atoms with Crippen LogP contribution in [0.15, 0.2) is 79.3 Å². The average Bonchev–Trinajstić information content (AvgIpc) is 3.37. The number of hydrogen-bond donors (Lipinski definition) is 1. The third-order valence-corrected chi connectivity index (χ3v) is 6.80. The van der Waals surface area contributed by atoms with Crippen LogP contribution in [0.2, 0.25) is 0 Å². The molecule has 1 saturated heterocycles. The number of nitrogens with one attached hydrogen (secondary N) is 1. The van der Waals surface area contributed by atoms with Crippen molar-refractivity contribution in [3.05, 3.63) is 102 Å². The third-order valence-electron chi connectivity index (χ3n) is 6.80. The van der Waals surface area contributed by atoms with Gasteiger partial charge < -0.3 is 10.2 Å². The fourth-order valence-corrected chi connectivity index (χ4v) is 4.52. The summed E-state index contributed by atoms with van der Waals surface area (Å²) in [7, 11) is 0. The first-order valence-electron chi connectivity index (χ1n) is 12.2. The number of pyridine rings is 1. The van der Waals surface area contributed by atoms with Crippen LogP contribution in [-0.2, 0) is 0 Å². The van der Waals surface area contributed by atoms with Crippen LogP contribution in [0.4, 0.5) is 0 Å². The van der Waals surface area contributed by atoms with Crippen LogP contribution in [0.1, 0.15) is 44.7 Å². The quantitative estimate of drug-likeness (QED) is 0.454. The van der Waals surface area contributed by atoms with Crippen molar-refractivity contribution < 1.29 is 9.59 Å². The minimum absolute atomic E-state index is 0.00309. The Bertz CT molecular complexity index is 1370. The highest BCUT2D eigenvalue weighted by Crippen LogP contribution is 2.26. The van der Waals surface area contributed by atoms with Gasteiger partial charge in [-0.3, -0.25) is 14.6 Å². The first-order chi connectivity index (χ1) is 17.5. The molecule has 7 nitrogen and oxygen atoms in total. The van der Waals surface area contributed by atoms with Gasteiger partial charge in [-0.1, -0.05) is 30.3 Å². The van der Waals surface area contributed by atoms with Crippen LogP contribution in [0.5, 0.6) is 0 Å². The van der Waals surface area contributed by atoms with E-state index in [-0.39, 0.29) is 17.9 Å². The molecule has 0 spiro atoms. The number of nitrogens with zero attached hydrogens (tertiary/aromatic N) is 4. The van der Waals surface area contributed by atoms with Crippen LogP contribution in [0, 0.1) is 13.8 Å². The van der Waals surface area contributed by atoms with Gasteiger partial charge >= 0.3 is 0 Å². The van der Waals surface area contributed by atoms with Crippen LogP contribution >= 0.6 is 0 Å². The number of hydrogen-bond acceptors (Lipinski definition) is 4. The number of piperidine rings is 1. The number of amides is 2. The summed E-state index contributed by atoms with van der Waals surface area (Å²) >= 11 is 0. The van der Waals surface area contributed by atoms with E-state index in [1.54, 1.807) is 35.4 Å². The van der Waals surface area contributed by atoms with Gasteiger partial charge in [-0.15, -0.1) is 0 Å². The number of para-hydroxylation sites is 1. The van der Waals surface area contributed by atoms with E-state index in [0.717, 1.165) is 16.8 Å². The molecule has 4 aromatic rings. The minimum atomic E-state index is -0.149. The van der Waals surface area contributed by atoms with Crippen LogP contribution in [0.25, 0.3) is 16.9 Å². The summed E-state index contributed by atoms with van der Waals surface area (Å²) < 4.78 is 1.76.